The number of ketones is 1. The van der Waals surface area contributed by atoms with E-state index in [0.717, 1.165) is 11.8 Å². The number of benzene rings is 2. The molecule has 1 nitrogen and oxygen atoms in total. The van der Waals surface area contributed by atoms with Crippen LogP contribution in [0.25, 0.3) is 0 Å². The predicted molar refractivity (Wildman–Crippen MR) is 70.7 cm³/mol. The number of fused-ring (bicyclic) bond motifs is 1. The molecule has 2 aromatic rings. The SMILES string of the molecule is O=C1c2ccccc2SC(F)C1c1ccc(F)cc1. The third-order valence-corrected chi connectivity index (χ3v) is 4.27. The smallest absolute Gasteiger partial charge is 0.175 e. The van der Waals surface area contributed by atoms with Gasteiger partial charge < -0.3 is 0 Å². The van der Waals surface area contributed by atoms with Gasteiger partial charge in [0.1, 0.15) is 5.82 Å². The molecular formula is C15H10F2OS. The molecule has 2 atom stereocenters. The van der Waals surface area contributed by atoms with Gasteiger partial charge in [-0.25, -0.2) is 8.78 Å². The molecule has 0 aliphatic carbocycles. The van der Waals surface area contributed by atoms with Gasteiger partial charge in [0.05, 0.1) is 5.92 Å². The molecular weight excluding hydrogens is 266 g/mol. The summed E-state index contributed by atoms with van der Waals surface area (Å²) in [4.78, 5) is 13.0. The predicted octanol–water partition coefficient (Wildman–Crippen LogP) is 4.19. The number of hydrogen-bond acceptors (Lipinski definition) is 2. The van der Waals surface area contributed by atoms with Crippen molar-refractivity contribution in [3.05, 3.63) is 65.5 Å². The van der Waals surface area contributed by atoms with E-state index in [0.29, 0.717) is 16.0 Å². The van der Waals surface area contributed by atoms with Crippen LogP contribution in [-0.4, -0.2) is 11.3 Å². The zero-order chi connectivity index (χ0) is 13.4. The Morgan fingerprint density at radius 1 is 1.00 bits per heavy atom. The molecule has 1 aliphatic heterocycles. The Bertz CT molecular complexity index is 624. The van der Waals surface area contributed by atoms with Gasteiger partial charge >= 0.3 is 0 Å². The van der Waals surface area contributed by atoms with Gasteiger partial charge in [-0.2, -0.15) is 0 Å². The number of thioether (sulfide) groups is 1. The lowest BCUT2D eigenvalue weighted by atomic mass is 9.91. The fourth-order valence-corrected chi connectivity index (χ4v) is 3.33. The summed E-state index contributed by atoms with van der Waals surface area (Å²) in [7, 11) is 0. The highest BCUT2D eigenvalue weighted by Crippen LogP contribution is 2.43. The monoisotopic (exact) mass is 276 g/mol. The van der Waals surface area contributed by atoms with E-state index in [1.807, 2.05) is 0 Å². The van der Waals surface area contributed by atoms with E-state index in [2.05, 4.69) is 0 Å². The van der Waals surface area contributed by atoms with Crippen LogP contribution < -0.4 is 0 Å². The Labute approximate surface area is 113 Å². The second-order valence-electron chi connectivity index (χ2n) is 4.36. The number of Topliss-reactive ketones (excluding diaryl/α,β-unsaturated/α-hetero) is 1. The average Bonchev–Trinajstić information content (AvgIpc) is 2.41. The minimum Gasteiger partial charge on any atom is -0.293 e. The van der Waals surface area contributed by atoms with E-state index in [9.17, 15) is 13.6 Å². The summed E-state index contributed by atoms with van der Waals surface area (Å²) in [6.45, 7) is 0. The van der Waals surface area contributed by atoms with Crippen molar-refractivity contribution >= 4 is 17.5 Å². The van der Waals surface area contributed by atoms with Crippen LogP contribution in [0, 0.1) is 5.82 Å². The summed E-state index contributed by atoms with van der Waals surface area (Å²) in [6, 6.07) is 12.4. The molecule has 2 aromatic carbocycles. The van der Waals surface area contributed by atoms with Gasteiger partial charge in [0.15, 0.2) is 11.3 Å². The quantitative estimate of drug-likeness (QED) is 0.776. The zero-order valence-corrected chi connectivity index (χ0v) is 10.7. The number of rotatable bonds is 1. The lowest BCUT2D eigenvalue weighted by Gasteiger charge is -2.26. The van der Waals surface area contributed by atoms with Gasteiger partial charge in [-0.3, -0.25) is 4.79 Å². The van der Waals surface area contributed by atoms with Gasteiger partial charge in [0, 0.05) is 10.5 Å². The molecule has 19 heavy (non-hydrogen) atoms. The summed E-state index contributed by atoms with van der Waals surface area (Å²) in [5.74, 6) is -1.50. The number of carbonyl (C=O) groups is 1. The Balaban J connectivity index is 2.04. The van der Waals surface area contributed by atoms with Crippen molar-refractivity contribution in [2.75, 3.05) is 0 Å². The van der Waals surface area contributed by atoms with Crippen molar-refractivity contribution in [1.82, 2.24) is 0 Å². The fraction of sp³-hybridized carbons (Fsp3) is 0.133. The molecule has 2 unspecified atom stereocenters. The van der Waals surface area contributed by atoms with Crippen LogP contribution in [0.3, 0.4) is 0 Å². The maximum atomic E-state index is 14.2. The molecule has 0 N–H and O–H groups in total. The van der Waals surface area contributed by atoms with Crippen molar-refractivity contribution < 1.29 is 13.6 Å². The van der Waals surface area contributed by atoms with E-state index < -0.39 is 17.2 Å². The molecule has 0 saturated carbocycles. The largest absolute Gasteiger partial charge is 0.293 e. The Morgan fingerprint density at radius 3 is 2.42 bits per heavy atom. The fourth-order valence-electron chi connectivity index (χ4n) is 2.22. The summed E-state index contributed by atoms with van der Waals surface area (Å²) in [5, 5.41) is 0. The van der Waals surface area contributed by atoms with Gasteiger partial charge in [0.2, 0.25) is 0 Å². The average molecular weight is 276 g/mol. The standard InChI is InChI=1S/C15H10F2OS/c16-10-7-5-9(6-8-10)13-14(18)11-3-1-2-4-12(11)19-15(13)17/h1-8,13,15H. The minimum absolute atomic E-state index is 0.242. The third kappa shape index (κ3) is 2.16. The first-order chi connectivity index (χ1) is 9.16. The summed E-state index contributed by atoms with van der Waals surface area (Å²) in [6.07, 6.45) is 0. The lowest BCUT2D eigenvalue weighted by Crippen LogP contribution is -2.25. The van der Waals surface area contributed by atoms with Crippen molar-refractivity contribution in [2.45, 2.75) is 16.3 Å². The van der Waals surface area contributed by atoms with Gasteiger partial charge in [0.25, 0.3) is 0 Å². The Morgan fingerprint density at radius 2 is 1.68 bits per heavy atom. The maximum Gasteiger partial charge on any atom is 0.175 e. The molecule has 1 aliphatic rings. The number of carbonyl (C=O) groups excluding carboxylic acids is 1. The minimum atomic E-state index is -1.34. The molecule has 4 heteroatoms. The van der Waals surface area contributed by atoms with E-state index >= 15 is 0 Å². The molecule has 0 bridgehead atoms. The second kappa shape index (κ2) is 4.78. The summed E-state index contributed by atoms with van der Waals surface area (Å²) in [5.41, 5.74) is -0.288. The van der Waals surface area contributed by atoms with E-state index in [1.165, 1.54) is 24.3 Å². The van der Waals surface area contributed by atoms with Gasteiger partial charge in [-0.15, -0.1) is 0 Å². The molecule has 0 amide bonds. The third-order valence-electron chi connectivity index (χ3n) is 3.17. The van der Waals surface area contributed by atoms with Crippen LogP contribution in [0.5, 0.6) is 0 Å². The van der Waals surface area contributed by atoms with Crippen molar-refractivity contribution in [3.63, 3.8) is 0 Å². The highest BCUT2D eigenvalue weighted by atomic mass is 32.2. The Kier molecular flexibility index (Phi) is 3.11. The summed E-state index contributed by atoms with van der Waals surface area (Å²) >= 11 is 1.04. The van der Waals surface area contributed by atoms with Crippen LogP contribution in [0.15, 0.2) is 53.4 Å². The molecule has 3 rings (SSSR count). The molecule has 96 valence electrons. The van der Waals surface area contributed by atoms with E-state index in [1.54, 1.807) is 24.3 Å². The molecule has 0 fully saturated rings. The van der Waals surface area contributed by atoms with E-state index in [4.69, 9.17) is 0 Å². The van der Waals surface area contributed by atoms with Crippen LogP contribution in [-0.2, 0) is 0 Å². The highest BCUT2D eigenvalue weighted by molar-refractivity contribution is 8.00. The molecule has 0 saturated heterocycles. The van der Waals surface area contributed by atoms with Crippen LogP contribution in [0.2, 0.25) is 0 Å². The second-order valence-corrected chi connectivity index (χ2v) is 5.48. The summed E-state index contributed by atoms with van der Waals surface area (Å²) < 4.78 is 27.1. The first-order valence-electron chi connectivity index (χ1n) is 5.86. The maximum absolute atomic E-state index is 14.2. The number of halogens is 2. The van der Waals surface area contributed by atoms with Crippen molar-refractivity contribution in [3.8, 4) is 0 Å². The number of alkyl halides is 1. The normalized spacial score (nSPS) is 22.1. The van der Waals surface area contributed by atoms with Crippen LogP contribution in [0.1, 0.15) is 21.8 Å². The highest BCUT2D eigenvalue weighted by Gasteiger charge is 2.37. The van der Waals surface area contributed by atoms with Gasteiger partial charge in [-0.05, 0) is 23.8 Å². The van der Waals surface area contributed by atoms with Crippen LogP contribution in [0.4, 0.5) is 8.78 Å². The molecule has 0 aromatic heterocycles. The lowest BCUT2D eigenvalue weighted by molar-refractivity contribution is 0.0930. The molecule has 1 heterocycles. The Hall–Kier alpha value is -1.68. The number of hydrogen-bond donors (Lipinski definition) is 0. The van der Waals surface area contributed by atoms with Gasteiger partial charge in [-0.1, -0.05) is 42.1 Å². The van der Waals surface area contributed by atoms with E-state index in [-0.39, 0.29) is 5.78 Å². The first-order valence-corrected chi connectivity index (χ1v) is 6.74. The topological polar surface area (TPSA) is 17.1 Å². The van der Waals surface area contributed by atoms with Crippen molar-refractivity contribution in [2.24, 2.45) is 0 Å². The van der Waals surface area contributed by atoms with Crippen LogP contribution >= 0.6 is 11.8 Å². The molecule has 0 spiro atoms. The first kappa shape index (κ1) is 12.4. The zero-order valence-electron chi connectivity index (χ0n) is 9.85. The van der Waals surface area contributed by atoms with Crippen molar-refractivity contribution in [1.29, 1.82) is 0 Å². The molecule has 0 radical (unpaired) electrons.